The second-order valence-electron chi connectivity index (χ2n) is 9.72. The summed E-state index contributed by atoms with van der Waals surface area (Å²) in [5, 5.41) is 24.1. The van der Waals surface area contributed by atoms with Crippen LogP contribution in [-0.4, -0.2) is 83.3 Å². The molecule has 13 nitrogen and oxygen atoms in total. The zero-order valence-corrected chi connectivity index (χ0v) is 22.7. The Morgan fingerprint density at radius 1 is 0.795 bits per heavy atom. The lowest BCUT2D eigenvalue weighted by molar-refractivity contribution is -0.192. The highest BCUT2D eigenvalue weighted by Crippen LogP contribution is 2.13. The van der Waals surface area contributed by atoms with Crippen LogP contribution in [0.4, 0.5) is 13.2 Å². The third kappa shape index (κ3) is 18.0. The third-order valence-electron chi connectivity index (χ3n) is 5.06. The van der Waals surface area contributed by atoms with Crippen molar-refractivity contribution in [3.05, 3.63) is 0 Å². The molecule has 0 aliphatic heterocycles. The van der Waals surface area contributed by atoms with Crippen molar-refractivity contribution in [3.8, 4) is 0 Å². The number of aliphatic hydroxyl groups excluding tert-OH is 1. The molecule has 0 saturated carbocycles. The van der Waals surface area contributed by atoms with Crippen LogP contribution in [0.2, 0.25) is 0 Å². The van der Waals surface area contributed by atoms with Crippen LogP contribution >= 0.6 is 0 Å². The molecule has 0 aliphatic carbocycles. The van der Waals surface area contributed by atoms with Gasteiger partial charge in [-0.05, 0) is 50.5 Å². The van der Waals surface area contributed by atoms with Gasteiger partial charge >= 0.3 is 12.1 Å². The number of rotatable bonds is 16. The monoisotopic (exact) mass is 572 g/mol. The number of primary amides is 1. The maximum absolute atomic E-state index is 12.9. The first kappa shape index (κ1) is 38.2. The summed E-state index contributed by atoms with van der Waals surface area (Å²) in [6, 6.07) is -3.87. The Morgan fingerprint density at radius 2 is 1.18 bits per heavy atom. The number of aliphatic hydroxyl groups is 1. The number of hydrogen-bond donors (Lipinski definition) is 8. The Hall–Kier alpha value is -2.98. The molecule has 11 N–H and O–H groups in total. The summed E-state index contributed by atoms with van der Waals surface area (Å²) in [6.07, 6.45) is -2.78. The van der Waals surface area contributed by atoms with Crippen molar-refractivity contribution in [3.63, 3.8) is 0 Å². The number of carbonyl (C=O) groups is 5. The zero-order chi connectivity index (χ0) is 30.9. The van der Waals surface area contributed by atoms with Crippen LogP contribution in [0.1, 0.15) is 59.8 Å². The standard InChI is InChI=1S/C21H42N6O5.C2HF3O2/c1-12(2)9-16(26-19(30)14(23)11-28)21(32)27-17(10-13(3)4)20(31)25-15(18(24)29)7-5-6-8-22;3-2(4,5)1(6)7/h12-17,28H,5-11,22-23H2,1-4H3,(H2,24,29)(H,25,31)(H,26,30)(H,27,32);(H,6,7)/t14-,15-,16-,17-;/m0./s1. The largest absolute Gasteiger partial charge is 0.490 e. The van der Waals surface area contributed by atoms with Crippen LogP contribution in [0.3, 0.4) is 0 Å². The van der Waals surface area contributed by atoms with Gasteiger partial charge in [-0.1, -0.05) is 27.7 Å². The van der Waals surface area contributed by atoms with E-state index in [2.05, 4.69) is 16.0 Å². The molecule has 0 aromatic heterocycles. The number of halogens is 3. The van der Waals surface area contributed by atoms with Gasteiger partial charge in [0.15, 0.2) is 0 Å². The normalized spacial score (nSPS) is 14.4. The molecule has 0 aromatic carbocycles. The van der Waals surface area contributed by atoms with Gasteiger partial charge in [0, 0.05) is 0 Å². The predicted octanol–water partition coefficient (Wildman–Crippen LogP) is -0.900. The zero-order valence-electron chi connectivity index (χ0n) is 22.7. The van der Waals surface area contributed by atoms with Crippen LogP contribution in [0.5, 0.6) is 0 Å². The molecule has 0 unspecified atom stereocenters. The van der Waals surface area contributed by atoms with Crippen LogP contribution in [0.15, 0.2) is 0 Å². The van der Waals surface area contributed by atoms with E-state index in [1.807, 2.05) is 27.7 Å². The van der Waals surface area contributed by atoms with E-state index in [-0.39, 0.29) is 11.8 Å². The van der Waals surface area contributed by atoms with Gasteiger partial charge in [0.1, 0.15) is 24.2 Å². The fourth-order valence-electron chi connectivity index (χ4n) is 3.09. The van der Waals surface area contributed by atoms with E-state index in [9.17, 15) is 32.3 Å². The fourth-order valence-corrected chi connectivity index (χ4v) is 3.09. The number of carbonyl (C=O) groups excluding carboxylic acids is 4. The number of alkyl halides is 3. The smallest absolute Gasteiger partial charge is 0.475 e. The van der Waals surface area contributed by atoms with Gasteiger partial charge in [-0.15, -0.1) is 0 Å². The second-order valence-corrected chi connectivity index (χ2v) is 9.72. The summed E-state index contributed by atoms with van der Waals surface area (Å²) in [5.41, 5.74) is 16.4. The lowest BCUT2D eigenvalue weighted by Gasteiger charge is -2.27. The van der Waals surface area contributed by atoms with Crippen LogP contribution < -0.4 is 33.2 Å². The topological polar surface area (TPSA) is 240 Å². The first-order valence-corrected chi connectivity index (χ1v) is 12.4. The van der Waals surface area contributed by atoms with E-state index in [4.69, 9.17) is 32.2 Å². The number of amides is 4. The molecule has 0 radical (unpaired) electrons. The lowest BCUT2D eigenvalue weighted by Crippen LogP contribution is -2.58. The van der Waals surface area contributed by atoms with E-state index < -0.39 is 66.5 Å². The Labute approximate surface area is 225 Å². The minimum absolute atomic E-state index is 0.0653. The van der Waals surface area contributed by atoms with Gasteiger partial charge in [0.2, 0.25) is 23.6 Å². The van der Waals surface area contributed by atoms with E-state index in [1.165, 1.54) is 0 Å². The van der Waals surface area contributed by atoms with Crippen molar-refractivity contribution in [2.24, 2.45) is 29.0 Å². The summed E-state index contributed by atoms with van der Waals surface area (Å²) in [5.74, 6) is -5.01. The molecule has 4 atom stereocenters. The second kappa shape index (κ2) is 19.1. The van der Waals surface area contributed by atoms with E-state index in [0.717, 1.165) is 0 Å². The molecule has 0 aromatic rings. The Kier molecular flexibility index (Phi) is 18.7. The number of nitrogens with one attached hydrogen (secondary N) is 3. The first-order valence-electron chi connectivity index (χ1n) is 12.4. The third-order valence-corrected chi connectivity index (χ3v) is 5.06. The Bertz CT molecular complexity index is 797. The van der Waals surface area contributed by atoms with Gasteiger partial charge in [0.25, 0.3) is 0 Å². The first-order chi connectivity index (χ1) is 17.9. The lowest BCUT2D eigenvalue weighted by atomic mass is 9.99. The highest BCUT2D eigenvalue weighted by atomic mass is 19.4. The van der Waals surface area contributed by atoms with Gasteiger partial charge < -0.3 is 43.4 Å². The summed E-state index contributed by atoms with van der Waals surface area (Å²) >= 11 is 0. The molecular weight excluding hydrogens is 529 g/mol. The quantitative estimate of drug-likeness (QED) is 0.107. The average molecular weight is 573 g/mol. The van der Waals surface area contributed by atoms with Crippen molar-refractivity contribution in [1.29, 1.82) is 0 Å². The number of carboxylic acids is 1. The van der Waals surface area contributed by atoms with E-state index >= 15 is 0 Å². The van der Waals surface area contributed by atoms with E-state index in [1.54, 1.807) is 0 Å². The van der Waals surface area contributed by atoms with E-state index in [0.29, 0.717) is 38.6 Å². The molecule has 228 valence electrons. The molecule has 0 aliphatic rings. The molecule has 16 heteroatoms. The summed E-state index contributed by atoms with van der Waals surface area (Å²) in [4.78, 5) is 58.6. The van der Waals surface area contributed by atoms with Crippen molar-refractivity contribution in [2.45, 2.75) is 90.1 Å². The maximum Gasteiger partial charge on any atom is 0.490 e. The molecule has 0 saturated heterocycles. The van der Waals surface area contributed by atoms with Crippen LogP contribution in [-0.2, 0) is 24.0 Å². The van der Waals surface area contributed by atoms with Crippen molar-refractivity contribution < 1.29 is 47.4 Å². The van der Waals surface area contributed by atoms with Crippen molar-refractivity contribution >= 4 is 29.6 Å². The SMILES string of the molecule is CC(C)C[C@H](NC(=O)[C@H](CC(C)C)NC(=O)[C@@H](N)CO)C(=O)N[C@@H](CCCCN)C(N)=O.O=C(O)C(F)(F)F. The minimum atomic E-state index is -5.08. The Balaban J connectivity index is 0. The fraction of sp³-hybridized carbons (Fsp3) is 0.783. The number of carboxylic acid groups (broad SMARTS) is 1. The highest BCUT2D eigenvalue weighted by Gasteiger charge is 2.38. The summed E-state index contributed by atoms with van der Waals surface area (Å²) < 4.78 is 31.7. The number of nitrogens with two attached hydrogens (primary N) is 3. The van der Waals surface area contributed by atoms with Gasteiger partial charge in [-0.2, -0.15) is 13.2 Å². The molecule has 0 rings (SSSR count). The average Bonchev–Trinajstić information content (AvgIpc) is 2.80. The molecular formula is C23H43F3N6O7. The van der Waals surface area contributed by atoms with Gasteiger partial charge in [-0.3, -0.25) is 19.2 Å². The highest BCUT2D eigenvalue weighted by molar-refractivity contribution is 5.94. The maximum atomic E-state index is 12.9. The predicted molar refractivity (Wildman–Crippen MR) is 136 cm³/mol. The van der Waals surface area contributed by atoms with Crippen molar-refractivity contribution in [2.75, 3.05) is 13.2 Å². The number of unbranched alkanes of at least 4 members (excludes halogenated alkanes) is 1. The van der Waals surface area contributed by atoms with Gasteiger partial charge in [0.05, 0.1) is 6.61 Å². The molecule has 0 bridgehead atoms. The Morgan fingerprint density at radius 3 is 1.49 bits per heavy atom. The van der Waals surface area contributed by atoms with Crippen LogP contribution in [0.25, 0.3) is 0 Å². The van der Waals surface area contributed by atoms with Crippen LogP contribution in [0, 0.1) is 11.8 Å². The molecule has 39 heavy (non-hydrogen) atoms. The minimum Gasteiger partial charge on any atom is -0.475 e. The summed E-state index contributed by atoms with van der Waals surface area (Å²) in [7, 11) is 0. The number of hydrogen-bond acceptors (Lipinski definition) is 8. The summed E-state index contributed by atoms with van der Waals surface area (Å²) in [6.45, 7) is 7.47. The van der Waals surface area contributed by atoms with Crippen molar-refractivity contribution in [1.82, 2.24) is 16.0 Å². The number of aliphatic carboxylic acids is 1. The molecule has 0 spiro atoms. The molecule has 0 heterocycles. The van der Waals surface area contributed by atoms with Gasteiger partial charge in [-0.25, -0.2) is 4.79 Å². The molecule has 0 fully saturated rings. The molecule has 4 amide bonds.